The summed E-state index contributed by atoms with van der Waals surface area (Å²) in [6.07, 6.45) is -1.01. The van der Waals surface area contributed by atoms with Gasteiger partial charge in [0.1, 0.15) is 12.4 Å². The number of carbonyl (C=O) groups is 5. The van der Waals surface area contributed by atoms with Crippen LogP contribution >= 0.6 is 21.6 Å². The number of carbonyl (C=O) groups excluding carboxylic acids is 5. The molecule has 38 heavy (non-hydrogen) atoms. The molecule has 3 N–H and O–H groups in total. The topological polar surface area (TPSA) is 242 Å². The summed E-state index contributed by atoms with van der Waals surface area (Å²) in [6, 6.07) is 3.76. The predicted molar refractivity (Wildman–Crippen MR) is 132 cm³/mol. The molecule has 1 saturated heterocycles. The molecule has 0 bridgehead atoms. The van der Waals surface area contributed by atoms with E-state index in [2.05, 4.69) is 20.2 Å². The first-order chi connectivity index (χ1) is 17.9. The van der Waals surface area contributed by atoms with Crippen molar-refractivity contribution in [3.63, 3.8) is 0 Å². The molecule has 3 amide bonds. The molecular formula is C19H21N5O11S3. The van der Waals surface area contributed by atoms with Crippen molar-refractivity contribution in [3.8, 4) is 5.75 Å². The molecule has 1 unspecified atom stereocenters. The number of hydroxylamine groups is 2. The van der Waals surface area contributed by atoms with Crippen molar-refractivity contribution < 1.29 is 51.6 Å². The number of hydrogen-bond donors (Lipinski definition) is 3. The smallest absolute Gasteiger partial charge is 0.334 e. The summed E-state index contributed by atoms with van der Waals surface area (Å²) >= 11 is 0. The molecule has 0 aliphatic carbocycles. The Kier molecular flexibility index (Phi) is 11.7. The number of ether oxygens (including phenoxy) is 1. The quantitative estimate of drug-likeness (QED) is 0.0403. The molecule has 1 atom stereocenters. The molecule has 0 radical (unpaired) electrons. The largest absolute Gasteiger partial charge is 0.507 e. The molecule has 16 nitrogen and oxygen atoms in total. The monoisotopic (exact) mass is 591 g/mol. The number of phenolic OH excluding ortho intramolecular Hbond substituents is 1. The van der Waals surface area contributed by atoms with Crippen LogP contribution in [0.25, 0.3) is 10.4 Å². The van der Waals surface area contributed by atoms with Crippen molar-refractivity contribution in [2.75, 3.05) is 24.7 Å². The van der Waals surface area contributed by atoms with E-state index in [1.54, 1.807) is 0 Å². The number of nitrogens with one attached hydrogen (secondary N) is 1. The molecule has 1 aromatic rings. The molecule has 0 spiro atoms. The predicted octanol–water partition coefficient (Wildman–Crippen LogP) is 1.24. The van der Waals surface area contributed by atoms with Crippen molar-refractivity contribution in [1.82, 2.24) is 10.4 Å². The van der Waals surface area contributed by atoms with E-state index in [0.29, 0.717) is 5.75 Å². The summed E-state index contributed by atoms with van der Waals surface area (Å²) < 4.78 is 36.1. The normalized spacial score (nSPS) is 15.1. The van der Waals surface area contributed by atoms with Gasteiger partial charge >= 0.3 is 11.9 Å². The molecule has 1 heterocycles. The van der Waals surface area contributed by atoms with Gasteiger partial charge in [0.25, 0.3) is 27.8 Å². The third-order valence-electron chi connectivity index (χ3n) is 4.51. The zero-order chi connectivity index (χ0) is 28.3. The van der Waals surface area contributed by atoms with Crippen LogP contribution in [0.3, 0.4) is 0 Å². The summed E-state index contributed by atoms with van der Waals surface area (Å²) in [5, 5.41) is 13.6. The fourth-order valence-corrected chi connectivity index (χ4v) is 5.40. The Morgan fingerprint density at radius 3 is 2.42 bits per heavy atom. The van der Waals surface area contributed by atoms with E-state index in [9.17, 15) is 37.5 Å². The molecular weight excluding hydrogens is 570 g/mol. The molecule has 0 saturated carbocycles. The number of amides is 3. The summed E-state index contributed by atoms with van der Waals surface area (Å²) in [4.78, 5) is 66.2. The molecule has 1 aromatic carbocycles. The van der Waals surface area contributed by atoms with Crippen LogP contribution in [-0.4, -0.2) is 82.7 Å². The number of imide groups is 1. The highest BCUT2D eigenvalue weighted by Gasteiger charge is 2.48. The van der Waals surface area contributed by atoms with Gasteiger partial charge in [0.15, 0.2) is 5.25 Å². The zero-order valence-corrected chi connectivity index (χ0v) is 21.8. The lowest BCUT2D eigenvalue weighted by atomic mass is 10.1. The maximum absolute atomic E-state index is 12.1. The van der Waals surface area contributed by atoms with E-state index in [4.69, 9.17) is 14.8 Å². The van der Waals surface area contributed by atoms with Gasteiger partial charge in [-0.15, -0.1) is 5.06 Å². The van der Waals surface area contributed by atoms with Gasteiger partial charge in [0.05, 0.1) is 31.4 Å². The fraction of sp³-hybridized carbons (Fsp3) is 0.421. The standard InChI is InChI=1S/C19H21N5O11S3/c20-23-22-11-1-2-12(13(25)9-11)18(29)21-5-6-34-16(27)3-7-36-37-8-4-17(28)35-24-15(26)10-14(19(24)30)38(31,32)33/h1-2,9,14,25H,3-8,10H2,(H,21,29)(H,31,32,33). The highest BCUT2D eigenvalue weighted by atomic mass is 33.1. The molecule has 1 fully saturated rings. The Hall–Kier alpha value is -3.51. The number of aromatic hydroxyl groups is 1. The van der Waals surface area contributed by atoms with E-state index < -0.39 is 51.4 Å². The minimum absolute atomic E-state index is 0.0148. The van der Waals surface area contributed by atoms with Gasteiger partial charge in [-0.1, -0.05) is 32.8 Å². The lowest BCUT2D eigenvalue weighted by molar-refractivity contribution is -0.197. The first-order valence-corrected chi connectivity index (χ1v) is 14.5. The van der Waals surface area contributed by atoms with Gasteiger partial charge in [-0.25, -0.2) is 4.79 Å². The number of benzene rings is 1. The SMILES string of the molecule is [N-]=[N+]=Nc1ccc(C(=O)NCCOC(=O)CCSSCCC(=O)ON2C(=O)CC(S(=O)(=O)O)C2=O)c(O)c1. The van der Waals surface area contributed by atoms with Crippen LogP contribution in [0.4, 0.5) is 5.69 Å². The van der Waals surface area contributed by atoms with Crippen LogP contribution in [-0.2, 0) is 38.9 Å². The van der Waals surface area contributed by atoms with Crippen LogP contribution < -0.4 is 5.32 Å². The number of nitrogens with zero attached hydrogens (tertiary/aromatic N) is 4. The second-order valence-electron chi connectivity index (χ2n) is 7.21. The average molecular weight is 592 g/mol. The van der Waals surface area contributed by atoms with Crippen molar-refractivity contribution in [2.24, 2.45) is 5.11 Å². The molecule has 0 aromatic heterocycles. The Labute approximate surface area is 223 Å². The van der Waals surface area contributed by atoms with Crippen molar-refractivity contribution >= 4 is 67.1 Å². The van der Waals surface area contributed by atoms with Crippen LogP contribution in [0.5, 0.6) is 5.75 Å². The molecule has 2 rings (SSSR count). The third-order valence-corrected chi connectivity index (χ3v) is 8.01. The number of azide groups is 1. The van der Waals surface area contributed by atoms with Gasteiger partial charge in [0, 0.05) is 22.1 Å². The van der Waals surface area contributed by atoms with Gasteiger partial charge in [0.2, 0.25) is 0 Å². The van der Waals surface area contributed by atoms with Crippen molar-refractivity contribution in [1.29, 1.82) is 0 Å². The highest BCUT2D eigenvalue weighted by molar-refractivity contribution is 8.76. The van der Waals surface area contributed by atoms with Crippen molar-refractivity contribution in [3.05, 3.63) is 34.2 Å². The van der Waals surface area contributed by atoms with Crippen LogP contribution in [0.1, 0.15) is 29.6 Å². The van der Waals surface area contributed by atoms with E-state index >= 15 is 0 Å². The van der Waals surface area contributed by atoms with Gasteiger partial charge in [-0.3, -0.25) is 23.7 Å². The van der Waals surface area contributed by atoms with E-state index in [-0.39, 0.29) is 53.8 Å². The Morgan fingerprint density at radius 1 is 1.18 bits per heavy atom. The summed E-state index contributed by atoms with van der Waals surface area (Å²) in [5.41, 5.74) is 8.46. The zero-order valence-electron chi connectivity index (χ0n) is 19.3. The van der Waals surface area contributed by atoms with E-state index in [1.165, 1.54) is 33.7 Å². The number of hydrogen-bond acceptors (Lipinski definition) is 13. The molecule has 1 aliphatic heterocycles. The molecule has 1 aliphatic rings. The van der Waals surface area contributed by atoms with E-state index in [0.717, 1.165) is 6.07 Å². The first-order valence-electron chi connectivity index (χ1n) is 10.5. The minimum atomic E-state index is -4.80. The Bertz CT molecular complexity index is 1250. The lowest BCUT2D eigenvalue weighted by Gasteiger charge is -2.13. The van der Waals surface area contributed by atoms with Crippen LogP contribution in [0.15, 0.2) is 23.3 Å². The fourth-order valence-electron chi connectivity index (χ4n) is 2.75. The summed E-state index contributed by atoms with van der Waals surface area (Å²) in [5.74, 6) is -4.38. The summed E-state index contributed by atoms with van der Waals surface area (Å²) in [6.45, 7) is -0.128. The van der Waals surface area contributed by atoms with E-state index in [1.807, 2.05) is 0 Å². The van der Waals surface area contributed by atoms with Crippen molar-refractivity contribution in [2.45, 2.75) is 24.5 Å². The van der Waals surface area contributed by atoms with Gasteiger partial charge in [-0.05, 0) is 17.7 Å². The maximum Gasteiger partial charge on any atom is 0.334 e. The number of esters is 1. The van der Waals surface area contributed by atoms with Crippen LogP contribution in [0, 0.1) is 0 Å². The van der Waals surface area contributed by atoms with Crippen LogP contribution in [0.2, 0.25) is 0 Å². The van der Waals surface area contributed by atoms with Gasteiger partial charge < -0.3 is 20.0 Å². The molecule has 206 valence electrons. The number of rotatable bonds is 14. The minimum Gasteiger partial charge on any atom is -0.507 e. The third kappa shape index (κ3) is 9.42. The maximum atomic E-state index is 12.1. The number of phenols is 1. The first kappa shape index (κ1) is 30.7. The van der Waals surface area contributed by atoms with Gasteiger partial charge in [-0.2, -0.15) is 8.42 Å². The second-order valence-corrected chi connectivity index (χ2v) is 11.5. The lowest BCUT2D eigenvalue weighted by Crippen LogP contribution is -2.36. The highest BCUT2D eigenvalue weighted by Crippen LogP contribution is 2.25. The Balaban J connectivity index is 1.55. The molecule has 19 heteroatoms. The Morgan fingerprint density at radius 2 is 1.84 bits per heavy atom. The summed E-state index contributed by atoms with van der Waals surface area (Å²) in [7, 11) is -2.36. The average Bonchev–Trinajstić information content (AvgIpc) is 3.13. The second kappa shape index (κ2) is 14.4.